The summed E-state index contributed by atoms with van der Waals surface area (Å²) < 4.78 is 7.29. The first kappa shape index (κ1) is 15.1. The third-order valence-corrected chi connectivity index (χ3v) is 4.80. The zero-order valence-electron chi connectivity index (χ0n) is 14.5. The number of fused-ring (bicyclic) bond motifs is 1. The Bertz CT molecular complexity index is 969. The van der Waals surface area contributed by atoms with Gasteiger partial charge in [0.1, 0.15) is 11.7 Å². The van der Waals surface area contributed by atoms with E-state index in [-0.39, 0.29) is 0 Å². The van der Waals surface area contributed by atoms with E-state index in [2.05, 4.69) is 31.1 Å². The van der Waals surface area contributed by atoms with Crippen LogP contribution in [0.1, 0.15) is 30.3 Å². The second-order valence-corrected chi connectivity index (χ2v) is 6.61. The van der Waals surface area contributed by atoms with Crippen molar-refractivity contribution in [3.63, 3.8) is 0 Å². The Morgan fingerprint density at radius 2 is 2.12 bits per heavy atom. The number of aromatic amines is 1. The van der Waals surface area contributed by atoms with Gasteiger partial charge in [0, 0.05) is 48.0 Å². The highest BCUT2D eigenvalue weighted by Crippen LogP contribution is 2.39. The fourth-order valence-corrected chi connectivity index (χ4v) is 3.26. The van der Waals surface area contributed by atoms with Crippen LogP contribution in [0.15, 0.2) is 41.8 Å². The van der Waals surface area contributed by atoms with Gasteiger partial charge in [0.2, 0.25) is 5.88 Å². The number of hydrogen-bond acceptors (Lipinski definition) is 6. The van der Waals surface area contributed by atoms with Gasteiger partial charge in [0.15, 0.2) is 5.82 Å². The topological polar surface area (TPSA) is 84.2 Å². The van der Waals surface area contributed by atoms with Gasteiger partial charge in [0.05, 0.1) is 20.2 Å². The van der Waals surface area contributed by atoms with Crippen LogP contribution in [-0.2, 0) is 6.54 Å². The Morgan fingerprint density at radius 1 is 1.19 bits per heavy atom. The Hall–Kier alpha value is -3.16. The molecular formula is C18H19N7O. The number of aliphatic imine (C=N–C) groups is 1. The molecule has 1 aliphatic carbocycles. The van der Waals surface area contributed by atoms with E-state index in [4.69, 9.17) is 9.73 Å². The maximum atomic E-state index is 5.25. The van der Waals surface area contributed by atoms with Gasteiger partial charge in [-0.25, -0.2) is 15.0 Å². The molecule has 0 amide bonds. The molecule has 0 radical (unpaired) electrons. The summed E-state index contributed by atoms with van der Waals surface area (Å²) in [4.78, 5) is 15.7. The van der Waals surface area contributed by atoms with Crippen LogP contribution in [0.25, 0.3) is 0 Å². The van der Waals surface area contributed by atoms with Gasteiger partial charge in [0.25, 0.3) is 0 Å². The summed E-state index contributed by atoms with van der Waals surface area (Å²) in [5.74, 6) is 3.79. The van der Waals surface area contributed by atoms with Gasteiger partial charge in [-0.3, -0.25) is 9.67 Å². The van der Waals surface area contributed by atoms with E-state index < -0.39 is 0 Å². The van der Waals surface area contributed by atoms with Gasteiger partial charge in [-0.05, 0) is 18.9 Å². The Kier molecular flexibility index (Phi) is 3.48. The molecule has 1 saturated carbocycles. The molecule has 1 fully saturated rings. The monoisotopic (exact) mass is 349 g/mol. The van der Waals surface area contributed by atoms with Crippen molar-refractivity contribution in [2.75, 3.05) is 18.6 Å². The third-order valence-electron chi connectivity index (χ3n) is 4.80. The van der Waals surface area contributed by atoms with E-state index in [1.165, 1.54) is 18.5 Å². The van der Waals surface area contributed by atoms with Gasteiger partial charge < -0.3 is 9.64 Å². The first-order valence-corrected chi connectivity index (χ1v) is 8.70. The number of nitrogens with one attached hydrogen (secondary N) is 1. The highest BCUT2D eigenvalue weighted by atomic mass is 16.5. The molecular weight excluding hydrogens is 330 g/mol. The molecule has 2 aliphatic rings. The van der Waals surface area contributed by atoms with Crippen LogP contribution in [-0.4, -0.2) is 44.2 Å². The number of nitrogens with zero attached hydrogens (tertiary/aromatic N) is 6. The predicted octanol–water partition coefficient (Wildman–Crippen LogP) is 2.49. The molecule has 8 nitrogen and oxygen atoms in total. The van der Waals surface area contributed by atoms with E-state index in [0.717, 1.165) is 23.2 Å². The Labute approximate surface area is 150 Å². The maximum Gasteiger partial charge on any atom is 0.214 e. The number of ether oxygens (including phenoxy) is 1. The minimum Gasteiger partial charge on any atom is -0.481 e. The van der Waals surface area contributed by atoms with E-state index in [0.29, 0.717) is 24.9 Å². The number of imidazole rings is 1. The molecule has 132 valence electrons. The molecule has 8 heteroatoms. The summed E-state index contributed by atoms with van der Waals surface area (Å²) in [6.07, 6.45) is 7.99. The minimum absolute atomic E-state index is 0.594. The second kappa shape index (κ2) is 5.98. The number of hydrogen-bond donors (Lipinski definition) is 1. The average Bonchev–Trinajstić information content (AvgIpc) is 3.23. The van der Waals surface area contributed by atoms with E-state index in [1.54, 1.807) is 13.3 Å². The molecule has 3 aromatic rings. The number of H-pyrrole nitrogens is 1. The predicted molar refractivity (Wildman–Crippen MR) is 97.1 cm³/mol. The molecule has 1 aliphatic heterocycles. The molecule has 0 atom stereocenters. The number of methoxy groups -OCH3 is 1. The summed E-state index contributed by atoms with van der Waals surface area (Å²) in [5, 5.41) is 7.47. The minimum atomic E-state index is 0.594. The van der Waals surface area contributed by atoms with Crippen LogP contribution >= 0.6 is 0 Å². The van der Waals surface area contributed by atoms with Crippen molar-refractivity contribution >= 4 is 17.3 Å². The average molecular weight is 349 g/mol. The van der Waals surface area contributed by atoms with Gasteiger partial charge >= 0.3 is 0 Å². The lowest BCUT2D eigenvalue weighted by molar-refractivity contribution is 0.398. The maximum absolute atomic E-state index is 5.25. The van der Waals surface area contributed by atoms with Crippen molar-refractivity contribution in [3.8, 4) is 5.88 Å². The highest BCUT2D eigenvalue weighted by molar-refractivity contribution is 5.92. The molecule has 1 N–H and O–H groups in total. The first-order chi connectivity index (χ1) is 12.8. The number of anilines is 1. The van der Waals surface area contributed by atoms with Crippen molar-refractivity contribution in [1.29, 1.82) is 0 Å². The molecule has 0 unspecified atom stereocenters. The molecule has 0 bridgehead atoms. The summed E-state index contributed by atoms with van der Waals surface area (Å²) >= 11 is 0. The lowest BCUT2D eigenvalue weighted by atomic mass is 10.2. The summed E-state index contributed by atoms with van der Waals surface area (Å²) in [5.41, 5.74) is 2.21. The van der Waals surface area contributed by atoms with E-state index in [1.807, 2.05) is 29.1 Å². The van der Waals surface area contributed by atoms with Crippen molar-refractivity contribution in [2.24, 2.45) is 4.99 Å². The second-order valence-electron chi connectivity index (χ2n) is 6.61. The zero-order valence-corrected chi connectivity index (χ0v) is 14.5. The normalized spacial score (nSPS) is 18.2. The highest BCUT2D eigenvalue weighted by Gasteiger charge is 2.26. The lowest BCUT2D eigenvalue weighted by Gasteiger charge is -2.30. The molecule has 26 heavy (non-hydrogen) atoms. The molecule has 0 spiro atoms. The smallest absolute Gasteiger partial charge is 0.214 e. The van der Waals surface area contributed by atoms with Crippen molar-refractivity contribution in [3.05, 3.63) is 48.3 Å². The van der Waals surface area contributed by atoms with E-state index >= 15 is 0 Å². The summed E-state index contributed by atoms with van der Waals surface area (Å²) in [6.45, 7) is 1.36. The van der Waals surface area contributed by atoms with Crippen molar-refractivity contribution < 1.29 is 4.74 Å². The number of rotatable bonds is 4. The lowest BCUT2D eigenvalue weighted by Crippen LogP contribution is -2.39. The Morgan fingerprint density at radius 3 is 2.96 bits per heavy atom. The molecule has 5 rings (SSSR count). The number of aromatic nitrogens is 5. The van der Waals surface area contributed by atoms with Crippen molar-refractivity contribution in [2.45, 2.75) is 25.3 Å². The largest absolute Gasteiger partial charge is 0.481 e. The Balaban J connectivity index is 1.49. The SMILES string of the molecule is COc1cc(N2CC(=Nc3cc(C4CC4)[nH]n3)n3ccnc3C2)ccn1. The van der Waals surface area contributed by atoms with Crippen LogP contribution in [0.3, 0.4) is 0 Å². The number of pyridine rings is 1. The first-order valence-electron chi connectivity index (χ1n) is 8.70. The van der Waals surface area contributed by atoms with Crippen LogP contribution in [0, 0.1) is 0 Å². The summed E-state index contributed by atoms with van der Waals surface area (Å²) in [6, 6.07) is 5.95. The summed E-state index contributed by atoms with van der Waals surface area (Å²) in [7, 11) is 1.62. The quantitative estimate of drug-likeness (QED) is 0.782. The molecule has 3 aromatic heterocycles. The van der Waals surface area contributed by atoms with Crippen LogP contribution in [0.5, 0.6) is 5.88 Å². The van der Waals surface area contributed by atoms with E-state index in [9.17, 15) is 0 Å². The fraction of sp³-hybridized carbons (Fsp3) is 0.333. The standard InChI is InChI=1S/C18H19N7O/c1-26-18-8-13(4-5-20-18)24-10-16-19-6-7-25(16)17(11-24)21-15-9-14(22-23-15)12-2-3-12/h4-9,12H,2-3,10-11H2,1H3,(H,22,23). The molecule has 0 aromatic carbocycles. The molecule has 4 heterocycles. The fourth-order valence-electron chi connectivity index (χ4n) is 3.26. The van der Waals surface area contributed by atoms with Crippen LogP contribution in [0.2, 0.25) is 0 Å². The third kappa shape index (κ3) is 2.73. The van der Waals surface area contributed by atoms with Crippen LogP contribution < -0.4 is 9.64 Å². The van der Waals surface area contributed by atoms with Crippen LogP contribution in [0.4, 0.5) is 11.5 Å². The van der Waals surface area contributed by atoms with Gasteiger partial charge in [-0.2, -0.15) is 5.10 Å². The van der Waals surface area contributed by atoms with Gasteiger partial charge in [-0.1, -0.05) is 0 Å². The van der Waals surface area contributed by atoms with Crippen molar-refractivity contribution in [1.82, 2.24) is 24.7 Å². The molecule has 0 saturated heterocycles. The zero-order chi connectivity index (χ0) is 17.5. The van der Waals surface area contributed by atoms with Gasteiger partial charge in [-0.15, -0.1) is 0 Å².